The van der Waals surface area contributed by atoms with Crippen molar-refractivity contribution in [2.45, 2.75) is 38.1 Å². The standard InChI is InChI=1S/C14H20FNO2S/c1-10-8-11(2)12(3)16(9-10)19(17,18)14-6-4-13(15)5-7-14/h4-7,10-12H,8-9H2,1-3H3. The van der Waals surface area contributed by atoms with Gasteiger partial charge in [0.2, 0.25) is 10.0 Å². The minimum Gasteiger partial charge on any atom is -0.207 e. The zero-order chi connectivity index (χ0) is 14.2. The first kappa shape index (κ1) is 14.5. The van der Waals surface area contributed by atoms with Gasteiger partial charge in [-0.05, 0) is 49.4 Å². The summed E-state index contributed by atoms with van der Waals surface area (Å²) in [5.41, 5.74) is 0. The number of halogens is 1. The molecule has 1 fully saturated rings. The van der Waals surface area contributed by atoms with Crippen molar-refractivity contribution >= 4 is 10.0 Å². The summed E-state index contributed by atoms with van der Waals surface area (Å²) >= 11 is 0. The van der Waals surface area contributed by atoms with Crippen LogP contribution in [0, 0.1) is 17.7 Å². The van der Waals surface area contributed by atoms with Crippen LogP contribution < -0.4 is 0 Å². The molecule has 0 N–H and O–H groups in total. The Kier molecular flexibility index (Phi) is 3.97. The lowest BCUT2D eigenvalue weighted by atomic mass is 9.88. The first-order chi connectivity index (χ1) is 8.82. The molecule has 1 aliphatic heterocycles. The Labute approximate surface area is 114 Å². The molecule has 3 unspecified atom stereocenters. The number of hydrogen-bond donors (Lipinski definition) is 0. The number of piperidine rings is 1. The predicted molar refractivity (Wildman–Crippen MR) is 72.7 cm³/mol. The molecule has 0 radical (unpaired) electrons. The van der Waals surface area contributed by atoms with E-state index in [9.17, 15) is 12.8 Å². The summed E-state index contributed by atoms with van der Waals surface area (Å²) in [6.07, 6.45) is 1.04. The largest absolute Gasteiger partial charge is 0.243 e. The Morgan fingerprint density at radius 1 is 1.16 bits per heavy atom. The van der Waals surface area contributed by atoms with E-state index in [1.165, 1.54) is 24.3 Å². The summed E-state index contributed by atoms with van der Waals surface area (Å²) in [7, 11) is -3.53. The van der Waals surface area contributed by atoms with Crippen molar-refractivity contribution in [3.63, 3.8) is 0 Å². The van der Waals surface area contributed by atoms with Crippen molar-refractivity contribution in [3.8, 4) is 0 Å². The SMILES string of the molecule is CC1CC(C)C(C)N(S(=O)(=O)c2ccc(F)cc2)C1. The zero-order valence-corrected chi connectivity index (χ0v) is 12.3. The van der Waals surface area contributed by atoms with E-state index >= 15 is 0 Å². The average Bonchev–Trinajstić information content (AvgIpc) is 2.34. The smallest absolute Gasteiger partial charge is 0.207 e. The molecule has 19 heavy (non-hydrogen) atoms. The summed E-state index contributed by atoms with van der Waals surface area (Å²) in [6.45, 7) is 6.62. The van der Waals surface area contributed by atoms with Crippen LogP contribution in [0.3, 0.4) is 0 Å². The number of nitrogens with zero attached hydrogens (tertiary/aromatic N) is 1. The van der Waals surface area contributed by atoms with Gasteiger partial charge in [0.05, 0.1) is 4.90 Å². The molecule has 3 nitrogen and oxygen atoms in total. The van der Waals surface area contributed by atoms with E-state index in [1.54, 1.807) is 4.31 Å². The minimum atomic E-state index is -3.53. The van der Waals surface area contributed by atoms with Gasteiger partial charge in [-0.2, -0.15) is 4.31 Å². The molecule has 0 amide bonds. The lowest BCUT2D eigenvalue weighted by Gasteiger charge is -2.39. The van der Waals surface area contributed by atoms with Gasteiger partial charge in [-0.3, -0.25) is 0 Å². The second-order valence-electron chi connectivity index (χ2n) is 5.59. The summed E-state index contributed by atoms with van der Waals surface area (Å²) in [4.78, 5) is 0.169. The fourth-order valence-electron chi connectivity index (χ4n) is 2.72. The number of hydrogen-bond acceptors (Lipinski definition) is 2. The van der Waals surface area contributed by atoms with Crippen LogP contribution in [-0.2, 0) is 10.0 Å². The molecule has 0 aromatic heterocycles. The van der Waals surface area contributed by atoms with Gasteiger partial charge in [-0.1, -0.05) is 13.8 Å². The van der Waals surface area contributed by atoms with E-state index in [1.807, 2.05) is 6.92 Å². The summed E-state index contributed by atoms with van der Waals surface area (Å²) in [6, 6.07) is 5.02. The molecule has 1 saturated heterocycles. The molecule has 0 saturated carbocycles. The molecule has 106 valence electrons. The van der Waals surface area contributed by atoms with Crippen LogP contribution in [0.25, 0.3) is 0 Å². The molecule has 1 heterocycles. The Morgan fingerprint density at radius 3 is 2.32 bits per heavy atom. The molecule has 5 heteroatoms. The third-order valence-electron chi connectivity index (χ3n) is 3.96. The number of benzene rings is 1. The van der Waals surface area contributed by atoms with Gasteiger partial charge in [-0.15, -0.1) is 0 Å². The van der Waals surface area contributed by atoms with Crippen LogP contribution in [0.1, 0.15) is 27.2 Å². The number of rotatable bonds is 2. The minimum absolute atomic E-state index is 0.0220. The fourth-order valence-corrected chi connectivity index (χ4v) is 4.57. The number of sulfonamides is 1. The maximum Gasteiger partial charge on any atom is 0.243 e. The van der Waals surface area contributed by atoms with Gasteiger partial charge in [0.1, 0.15) is 5.82 Å². The maximum atomic E-state index is 12.9. The van der Waals surface area contributed by atoms with Crippen LogP contribution in [0.15, 0.2) is 29.2 Å². The van der Waals surface area contributed by atoms with Crippen molar-refractivity contribution in [1.82, 2.24) is 4.31 Å². The third kappa shape index (κ3) is 2.82. The maximum absolute atomic E-state index is 12.9. The lowest BCUT2D eigenvalue weighted by molar-refractivity contribution is 0.157. The summed E-state index contributed by atoms with van der Waals surface area (Å²) < 4.78 is 39.7. The van der Waals surface area contributed by atoms with Crippen LogP contribution in [-0.4, -0.2) is 25.3 Å². The van der Waals surface area contributed by atoms with Crippen molar-refractivity contribution < 1.29 is 12.8 Å². The highest BCUT2D eigenvalue weighted by atomic mass is 32.2. The molecule has 3 atom stereocenters. The van der Waals surface area contributed by atoms with Crippen molar-refractivity contribution in [3.05, 3.63) is 30.1 Å². The first-order valence-electron chi connectivity index (χ1n) is 6.59. The van der Waals surface area contributed by atoms with Gasteiger partial charge >= 0.3 is 0 Å². The Bertz CT molecular complexity index is 541. The summed E-state index contributed by atoms with van der Waals surface area (Å²) in [5, 5.41) is 0. The van der Waals surface area contributed by atoms with E-state index in [4.69, 9.17) is 0 Å². The molecule has 0 bridgehead atoms. The monoisotopic (exact) mass is 285 g/mol. The van der Waals surface area contributed by atoms with Crippen molar-refractivity contribution in [1.29, 1.82) is 0 Å². The second kappa shape index (κ2) is 5.21. The van der Waals surface area contributed by atoms with Crippen LogP contribution >= 0.6 is 0 Å². The van der Waals surface area contributed by atoms with Gasteiger partial charge in [0.25, 0.3) is 0 Å². The quantitative estimate of drug-likeness (QED) is 0.838. The van der Waals surface area contributed by atoms with Crippen LogP contribution in [0.4, 0.5) is 4.39 Å². The highest BCUT2D eigenvalue weighted by molar-refractivity contribution is 7.89. The normalized spacial score (nSPS) is 29.4. The fraction of sp³-hybridized carbons (Fsp3) is 0.571. The van der Waals surface area contributed by atoms with E-state index in [0.29, 0.717) is 18.4 Å². The van der Waals surface area contributed by atoms with E-state index in [2.05, 4.69) is 13.8 Å². The van der Waals surface area contributed by atoms with E-state index in [-0.39, 0.29) is 10.9 Å². The lowest BCUT2D eigenvalue weighted by Crippen LogP contribution is -2.48. The molecule has 1 aliphatic rings. The van der Waals surface area contributed by atoms with Gasteiger partial charge in [0.15, 0.2) is 0 Å². The Balaban J connectivity index is 2.35. The summed E-state index contributed by atoms with van der Waals surface area (Å²) in [5.74, 6) is 0.257. The van der Waals surface area contributed by atoms with Gasteiger partial charge < -0.3 is 0 Å². The van der Waals surface area contributed by atoms with Crippen molar-refractivity contribution in [2.24, 2.45) is 11.8 Å². The zero-order valence-electron chi connectivity index (χ0n) is 11.5. The molecular formula is C14H20FNO2S. The van der Waals surface area contributed by atoms with Gasteiger partial charge in [0, 0.05) is 12.6 Å². The molecule has 2 rings (SSSR count). The second-order valence-corrected chi connectivity index (χ2v) is 7.48. The van der Waals surface area contributed by atoms with E-state index in [0.717, 1.165) is 6.42 Å². The molecule has 1 aromatic carbocycles. The Morgan fingerprint density at radius 2 is 1.74 bits per heavy atom. The molecular weight excluding hydrogens is 265 g/mol. The Hall–Kier alpha value is -0.940. The predicted octanol–water partition coefficient (Wildman–Crippen LogP) is 2.88. The molecule has 1 aromatic rings. The molecule has 0 spiro atoms. The third-order valence-corrected chi connectivity index (χ3v) is 5.93. The van der Waals surface area contributed by atoms with E-state index < -0.39 is 15.8 Å². The first-order valence-corrected chi connectivity index (χ1v) is 8.04. The molecule has 0 aliphatic carbocycles. The average molecular weight is 285 g/mol. The van der Waals surface area contributed by atoms with Crippen LogP contribution in [0.5, 0.6) is 0 Å². The van der Waals surface area contributed by atoms with Crippen molar-refractivity contribution in [2.75, 3.05) is 6.54 Å². The topological polar surface area (TPSA) is 37.4 Å². The van der Waals surface area contributed by atoms with Gasteiger partial charge in [-0.25, -0.2) is 12.8 Å². The highest BCUT2D eigenvalue weighted by Crippen LogP contribution is 2.31. The highest BCUT2D eigenvalue weighted by Gasteiger charge is 2.37. The van der Waals surface area contributed by atoms with Crippen LogP contribution in [0.2, 0.25) is 0 Å².